The Morgan fingerprint density at radius 1 is 1.39 bits per heavy atom. The number of carbonyl (C=O) groups excluding carboxylic acids is 1. The van der Waals surface area contributed by atoms with Crippen LogP contribution in [-0.2, 0) is 17.9 Å². The topological polar surface area (TPSA) is 70.2 Å². The largest absolute Gasteiger partial charge is 0.454 e. The van der Waals surface area contributed by atoms with Crippen LogP contribution in [0.15, 0.2) is 47.2 Å². The van der Waals surface area contributed by atoms with Gasteiger partial charge in [0.15, 0.2) is 12.4 Å². The molecular formula is C16H14ClN3O3. The van der Waals surface area contributed by atoms with Crippen molar-refractivity contribution in [3.8, 4) is 0 Å². The number of carbonyl (C=O) groups is 1. The second-order valence-electron chi connectivity index (χ2n) is 5.03. The first-order valence-electron chi connectivity index (χ1n) is 6.97. The number of esters is 1. The van der Waals surface area contributed by atoms with E-state index in [0.29, 0.717) is 22.9 Å². The van der Waals surface area contributed by atoms with Crippen LogP contribution in [0.3, 0.4) is 0 Å². The molecule has 1 aromatic carbocycles. The van der Waals surface area contributed by atoms with Gasteiger partial charge in [-0.05, 0) is 18.6 Å². The first-order chi connectivity index (χ1) is 11.1. The van der Waals surface area contributed by atoms with Gasteiger partial charge < -0.3 is 9.26 Å². The van der Waals surface area contributed by atoms with Crippen molar-refractivity contribution in [3.05, 3.63) is 70.3 Å². The highest BCUT2D eigenvalue weighted by molar-refractivity contribution is 6.31. The number of halogens is 1. The molecule has 0 saturated carbocycles. The van der Waals surface area contributed by atoms with Crippen LogP contribution in [0.25, 0.3) is 0 Å². The van der Waals surface area contributed by atoms with Gasteiger partial charge in [0.25, 0.3) is 0 Å². The van der Waals surface area contributed by atoms with Crippen molar-refractivity contribution >= 4 is 17.6 Å². The van der Waals surface area contributed by atoms with Crippen LogP contribution >= 0.6 is 11.6 Å². The van der Waals surface area contributed by atoms with E-state index in [9.17, 15) is 4.79 Å². The zero-order valence-corrected chi connectivity index (χ0v) is 13.2. The highest BCUT2D eigenvalue weighted by Gasteiger charge is 2.12. The minimum Gasteiger partial charge on any atom is -0.454 e. The molecule has 0 amide bonds. The molecule has 0 bridgehead atoms. The molecule has 23 heavy (non-hydrogen) atoms. The average Bonchev–Trinajstić information content (AvgIpc) is 3.16. The summed E-state index contributed by atoms with van der Waals surface area (Å²) >= 11 is 6.11. The summed E-state index contributed by atoms with van der Waals surface area (Å²) in [5.41, 5.74) is 2.03. The Morgan fingerprint density at radius 2 is 2.22 bits per heavy atom. The molecule has 0 aliphatic heterocycles. The lowest BCUT2D eigenvalue weighted by atomic mass is 10.2. The van der Waals surface area contributed by atoms with Gasteiger partial charge in [-0.25, -0.2) is 4.79 Å². The third-order valence-corrected chi connectivity index (χ3v) is 3.55. The van der Waals surface area contributed by atoms with Crippen LogP contribution in [-0.4, -0.2) is 20.9 Å². The van der Waals surface area contributed by atoms with E-state index >= 15 is 0 Å². The lowest BCUT2D eigenvalue weighted by Crippen LogP contribution is -2.04. The van der Waals surface area contributed by atoms with Crippen LogP contribution in [0.5, 0.6) is 0 Å². The third kappa shape index (κ3) is 3.78. The van der Waals surface area contributed by atoms with E-state index in [1.807, 2.05) is 24.3 Å². The fourth-order valence-electron chi connectivity index (χ4n) is 2.06. The van der Waals surface area contributed by atoms with Crippen LogP contribution in [0.4, 0.5) is 0 Å². The molecule has 0 radical (unpaired) electrons. The van der Waals surface area contributed by atoms with Gasteiger partial charge in [0.1, 0.15) is 0 Å². The normalized spacial score (nSPS) is 10.7. The van der Waals surface area contributed by atoms with Gasteiger partial charge in [0, 0.05) is 17.3 Å². The second-order valence-corrected chi connectivity index (χ2v) is 5.44. The van der Waals surface area contributed by atoms with E-state index < -0.39 is 5.97 Å². The summed E-state index contributed by atoms with van der Waals surface area (Å²) in [5.74, 6) is 0.0313. The predicted molar refractivity (Wildman–Crippen MR) is 83.1 cm³/mol. The zero-order chi connectivity index (χ0) is 16.2. The van der Waals surface area contributed by atoms with Crippen LogP contribution in [0.1, 0.15) is 27.4 Å². The van der Waals surface area contributed by atoms with Crippen molar-refractivity contribution in [3.63, 3.8) is 0 Å². The number of aryl methyl sites for hydroxylation is 1. The van der Waals surface area contributed by atoms with Gasteiger partial charge in [-0.15, -0.1) is 0 Å². The summed E-state index contributed by atoms with van der Waals surface area (Å²) in [7, 11) is 0. The molecule has 2 aromatic heterocycles. The first kappa shape index (κ1) is 15.3. The van der Waals surface area contributed by atoms with Gasteiger partial charge in [-0.2, -0.15) is 5.10 Å². The van der Waals surface area contributed by atoms with Gasteiger partial charge in [0.05, 0.1) is 24.0 Å². The minimum atomic E-state index is -0.468. The summed E-state index contributed by atoms with van der Waals surface area (Å²) in [4.78, 5) is 12.0. The molecule has 6 nitrogen and oxygen atoms in total. The molecule has 3 aromatic rings. The molecule has 0 N–H and O–H groups in total. The zero-order valence-electron chi connectivity index (χ0n) is 12.4. The first-order valence-corrected chi connectivity index (χ1v) is 7.35. The van der Waals surface area contributed by atoms with Crippen molar-refractivity contribution in [1.29, 1.82) is 0 Å². The van der Waals surface area contributed by atoms with E-state index in [-0.39, 0.29) is 6.61 Å². The second kappa shape index (κ2) is 6.66. The third-order valence-electron chi connectivity index (χ3n) is 3.18. The summed E-state index contributed by atoms with van der Waals surface area (Å²) in [6.45, 7) is 2.32. The Hall–Kier alpha value is -2.60. The van der Waals surface area contributed by atoms with Crippen molar-refractivity contribution < 1.29 is 14.1 Å². The van der Waals surface area contributed by atoms with Crippen molar-refractivity contribution in [2.45, 2.75) is 20.1 Å². The maximum absolute atomic E-state index is 12.0. The van der Waals surface area contributed by atoms with Crippen molar-refractivity contribution in [2.24, 2.45) is 0 Å². The molecule has 2 heterocycles. The number of aromatic nitrogens is 3. The molecule has 0 saturated heterocycles. The molecule has 0 aliphatic carbocycles. The van der Waals surface area contributed by atoms with E-state index in [4.69, 9.17) is 20.9 Å². The SMILES string of the molecule is Cc1cc(COC(=O)c2cnn(Cc3ccccc3Cl)c2)on1. The van der Waals surface area contributed by atoms with E-state index in [2.05, 4.69) is 10.3 Å². The molecule has 0 spiro atoms. The fraction of sp³-hybridized carbons (Fsp3) is 0.188. The van der Waals surface area contributed by atoms with Crippen LogP contribution in [0.2, 0.25) is 5.02 Å². The summed E-state index contributed by atoms with van der Waals surface area (Å²) < 4.78 is 11.8. The number of ether oxygens (including phenoxy) is 1. The number of rotatable bonds is 5. The predicted octanol–water partition coefficient (Wildman–Crippen LogP) is 3.24. The van der Waals surface area contributed by atoms with Gasteiger partial charge in [0.2, 0.25) is 0 Å². The molecule has 0 atom stereocenters. The van der Waals surface area contributed by atoms with E-state index in [1.54, 1.807) is 23.9 Å². The quantitative estimate of drug-likeness (QED) is 0.671. The monoisotopic (exact) mass is 331 g/mol. The Bertz CT molecular complexity index is 825. The summed E-state index contributed by atoms with van der Waals surface area (Å²) in [5, 5.41) is 8.55. The Kier molecular flexibility index (Phi) is 4.43. The van der Waals surface area contributed by atoms with Gasteiger partial charge in [-0.1, -0.05) is 35.0 Å². The lowest BCUT2D eigenvalue weighted by Gasteiger charge is -2.03. The molecule has 7 heteroatoms. The van der Waals surface area contributed by atoms with Gasteiger partial charge >= 0.3 is 5.97 Å². The maximum Gasteiger partial charge on any atom is 0.341 e. The molecule has 118 valence electrons. The highest BCUT2D eigenvalue weighted by atomic mass is 35.5. The van der Waals surface area contributed by atoms with Gasteiger partial charge in [-0.3, -0.25) is 4.68 Å². The minimum absolute atomic E-state index is 0.0371. The number of hydrogen-bond acceptors (Lipinski definition) is 5. The summed E-state index contributed by atoms with van der Waals surface area (Å²) in [6, 6.07) is 9.21. The van der Waals surface area contributed by atoms with Crippen LogP contribution in [0, 0.1) is 6.92 Å². The van der Waals surface area contributed by atoms with E-state index in [0.717, 1.165) is 11.3 Å². The lowest BCUT2D eigenvalue weighted by molar-refractivity contribution is 0.0437. The number of nitrogens with zero attached hydrogens (tertiary/aromatic N) is 3. The summed E-state index contributed by atoms with van der Waals surface area (Å²) in [6.07, 6.45) is 3.09. The standard InChI is InChI=1S/C16H14ClN3O3/c1-11-6-14(23-19-11)10-22-16(21)13-7-18-20(9-13)8-12-4-2-3-5-15(12)17/h2-7,9H,8,10H2,1H3. The van der Waals surface area contributed by atoms with Crippen LogP contribution < -0.4 is 0 Å². The molecule has 0 aliphatic rings. The van der Waals surface area contributed by atoms with Crippen molar-refractivity contribution in [1.82, 2.24) is 14.9 Å². The molecule has 3 rings (SSSR count). The smallest absolute Gasteiger partial charge is 0.341 e. The fourth-order valence-corrected chi connectivity index (χ4v) is 2.26. The number of benzene rings is 1. The molecular weight excluding hydrogens is 318 g/mol. The Labute approximate surface area is 137 Å². The highest BCUT2D eigenvalue weighted by Crippen LogP contribution is 2.16. The van der Waals surface area contributed by atoms with Crippen molar-refractivity contribution in [2.75, 3.05) is 0 Å². The Balaban J connectivity index is 1.62. The number of hydrogen-bond donors (Lipinski definition) is 0. The Morgan fingerprint density at radius 3 is 2.96 bits per heavy atom. The maximum atomic E-state index is 12.0. The average molecular weight is 332 g/mol. The molecule has 0 fully saturated rings. The molecule has 0 unspecified atom stereocenters. The van der Waals surface area contributed by atoms with E-state index in [1.165, 1.54) is 6.20 Å².